The molecule has 0 aromatic heterocycles. The number of hydrogen-bond acceptors (Lipinski definition) is 4. The Hall–Kier alpha value is -1.18. The normalized spacial score (nSPS) is 18.1. The summed E-state index contributed by atoms with van der Waals surface area (Å²) >= 11 is 0. The molecule has 0 bridgehead atoms. The van der Waals surface area contributed by atoms with Gasteiger partial charge in [0, 0.05) is 11.3 Å². The molecule has 0 heterocycles. The minimum absolute atomic E-state index is 0.0898. The van der Waals surface area contributed by atoms with Gasteiger partial charge in [-0.25, -0.2) is 17.5 Å². The van der Waals surface area contributed by atoms with E-state index in [1.54, 1.807) is 0 Å². The highest BCUT2D eigenvalue weighted by atomic mass is 32.2. The van der Waals surface area contributed by atoms with Gasteiger partial charge in [0.2, 0.25) is 10.0 Å². The van der Waals surface area contributed by atoms with Crippen LogP contribution in [0, 0.1) is 12.7 Å². The zero-order chi connectivity index (χ0) is 14.3. The Bertz CT molecular complexity index is 568. The van der Waals surface area contributed by atoms with Crippen molar-refractivity contribution in [3.63, 3.8) is 0 Å². The van der Waals surface area contributed by atoms with Crippen LogP contribution in [0.4, 0.5) is 10.1 Å². The van der Waals surface area contributed by atoms with Crippen LogP contribution in [-0.4, -0.2) is 25.7 Å². The Morgan fingerprint density at radius 2 is 2.11 bits per heavy atom. The van der Waals surface area contributed by atoms with Gasteiger partial charge in [-0.2, -0.15) is 0 Å². The number of benzene rings is 1. The highest BCUT2D eigenvalue weighted by molar-refractivity contribution is 7.89. The number of hydrogen-bond donors (Lipinski definition) is 3. The van der Waals surface area contributed by atoms with Gasteiger partial charge in [-0.1, -0.05) is 0 Å². The van der Waals surface area contributed by atoms with Crippen molar-refractivity contribution in [2.75, 3.05) is 12.3 Å². The molecule has 0 atom stereocenters. The third-order valence-corrected chi connectivity index (χ3v) is 5.19. The van der Waals surface area contributed by atoms with E-state index in [2.05, 4.69) is 4.72 Å². The molecule has 0 amide bonds. The van der Waals surface area contributed by atoms with Crippen LogP contribution >= 0.6 is 0 Å². The lowest BCUT2D eigenvalue weighted by molar-refractivity contribution is 0.110. The fourth-order valence-corrected chi connectivity index (χ4v) is 3.57. The van der Waals surface area contributed by atoms with E-state index in [1.807, 2.05) is 0 Å². The highest BCUT2D eigenvalue weighted by Gasteiger charge is 2.40. The van der Waals surface area contributed by atoms with E-state index in [4.69, 9.17) is 5.73 Å². The van der Waals surface area contributed by atoms with Gasteiger partial charge in [0.05, 0.1) is 17.0 Å². The first kappa shape index (κ1) is 14.2. The summed E-state index contributed by atoms with van der Waals surface area (Å²) in [5, 5.41) is 9.27. The Morgan fingerprint density at radius 3 is 2.53 bits per heavy atom. The largest absolute Gasteiger partial charge is 0.398 e. The minimum Gasteiger partial charge on any atom is -0.398 e. The monoisotopic (exact) mass is 288 g/mol. The summed E-state index contributed by atoms with van der Waals surface area (Å²) in [5.74, 6) is -0.660. The first-order valence-electron chi connectivity index (χ1n) is 6.00. The number of anilines is 1. The average Bonchev–Trinajstić information content (AvgIpc) is 2.30. The molecule has 4 N–H and O–H groups in total. The maximum atomic E-state index is 13.6. The molecule has 1 saturated carbocycles. The van der Waals surface area contributed by atoms with Crippen LogP contribution in [0.5, 0.6) is 0 Å². The van der Waals surface area contributed by atoms with Crippen molar-refractivity contribution in [1.82, 2.24) is 4.72 Å². The van der Waals surface area contributed by atoms with Gasteiger partial charge in [0.25, 0.3) is 0 Å². The number of nitrogen functional groups attached to an aromatic ring is 1. The molecule has 5 nitrogen and oxygen atoms in total. The molecule has 19 heavy (non-hydrogen) atoms. The summed E-state index contributed by atoms with van der Waals surface area (Å²) in [4.78, 5) is -0.215. The molecule has 1 aliphatic rings. The number of aliphatic hydroxyl groups excluding tert-OH is 1. The van der Waals surface area contributed by atoms with E-state index >= 15 is 0 Å². The Morgan fingerprint density at radius 1 is 1.47 bits per heavy atom. The molecule has 0 saturated heterocycles. The summed E-state index contributed by atoms with van der Waals surface area (Å²) in [7, 11) is -3.88. The molecule has 1 aromatic carbocycles. The maximum absolute atomic E-state index is 13.6. The number of aliphatic hydroxyl groups is 1. The lowest BCUT2D eigenvalue weighted by Crippen LogP contribution is -2.55. The van der Waals surface area contributed by atoms with Gasteiger partial charge in [-0.15, -0.1) is 0 Å². The predicted molar refractivity (Wildman–Crippen MR) is 69.5 cm³/mol. The van der Waals surface area contributed by atoms with Gasteiger partial charge >= 0.3 is 0 Å². The summed E-state index contributed by atoms with van der Waals surface area (Å²) in [6, 6.07) is 2.17. The van der Waals surface area contributed by atoms with Crippen molar-refractivity contribution >= 4 is 15.7 Å². The second-order valence-corrected chi connectivity index (χ2v) is 6.70. The molecule has 1 fully saturated rings. The van der Waals surface area contributed by atoms with Gasteiger partial charge in [0.1, 0.15) is 5.82 Å². The van der Waals surface area contributed by atoms with Crippen LogP contribution in [0.3, 0.4) is 0 Å². The van der Waals surface area contributed by atoms with Crippen LogP contribution in [-0.2, 0) is 10.0 Å². The number of rotatable bonds is 4. The van der Waals surface area contributed by atoms with Crippen molar-refractivity contribution in [1.29, 1.82) is 0 Å². The van der Waals surface area contributed by atoms with Crippen LogP contribution in [0.1, 0.15) is 24.8 Å². The van der Waals surface area contributed by atoms with Gasteiger partial charge < -0.3 is 10.8 Å². The lowest BCUT2D eigenvalue weighted by atomic mass is 9.78. The summed E-state index contributed by atoms with van der Waals surface area (Å²) < 4.78 is 40.3. The molecule has 0 unspecified atom stereocenters. The van der Waals surface area contributed by atoms with Crippen LogP contribution < -0.4 is 10.5 Å². The molecule has 0 aliphatic heterocycles. The topological polar surface area (TPSA) is 92.4 Å². The van der Waals surface area contributed by atoms with Crippen LogP contribution in [0.15, 0.2) is 17.0 Å². The van der Waals surface area contributed by atoms with Gasteiger partial charge in [-0.05, 0) is 38.3 Å². The second-order valence-electron chi connectivity index (χ2n) is 5.02. The van der Waals surface area contributed by atoms with E-state index in [9.17, 15) is 17.9 Å². The number of halogens is 1. The van der Waals surface area contributed by atoms with E-state index in [0.29, 0.717) is 12.8 Å². The average molecular weight is 288 g/mol. The zero-order valence-electron chi connectivity index (χ0n) is 10.6. The first-order valence-corrected chi connectivity index (χ1v) is 7.48. The molecule has 1 aromatic rings. The molecule has 106 valence electrons. The fourth-order valence-electron chi connectivity index (χ4n) is 2.07. The van der Waals surface area contributed by atoms with Crippen molar-refractivity contribution in [2.45, 2.75) is 36.6 Å². The zero-order valence-corrected chi connectivity index (χ0v) is 11.4. The van der Waals surface area contributed by atoms with Gasteiger partial charge in [0.15, 0.2) is 0 Å². The molecule has 0 spiro atoms. The van der Waals surface area contributed by atoms with Crippen LogP contribution in [0.2, 0.25) is 0 Å². The second kappa shape index (κ2) is 4.73. The number of sulfonamides is 1. The molecular formula is C12H17FN2O3S. The summed E-state index contributed by atoms with van der Waals surface area (Å²) in [6.07, 6.45) is 2.01. The van der Waals surface area contributed by atoms with E-state index < -0.39 is 21.4 Å². The molecule has 7 heteroatoms. The molecule has 2 rings (SSSR count). The lowest BCUT2D eigenvalue weighted by Gasteiger charge is -2.40. The smallest absolute Gasteiger partial charge is 0.241 e. The highest BCUT2D eigenvalue weighted by Crippen LogP contribution is 2.33. The third-order valence-electron chi connectivity index (χ3n) is 3.63. The molecular weight excluding hydrogens is 271 g/mol. The predicted octanol–water partition coefficient (Wildman–Crippen LogP) is 0.910. The summed E-state index contributed by atoms with van der Waals surface area (Å²) in [6.45, 7) is 1.21. The van der Waals surface area contributed by atoms with Crippen molar-refractivity contribution in [3.05, 3.63) is 23.5 Å². The Labute approximate surface area is 111 Å². The number of nitrogens with two attached hydrogens (primary N) is 1. The SMILES string of the molecule is Cc1c(N)cc(S(=O)(=O)NC2(CO)CCC2)cc1F. The molecule has 0 radical (unpaired) electrons. The fraction of sp³-hybridized carbons (Fsp3) is 0.500. The van der Waals surface area contributed by atoms with Gasteiger partial charge in [-0.3, -0.25) is 0 Å². The van der Waals surface area contributed by atoms with Crippen molar-refractivity contribution in [3.8, 4) is 0 Å². The minimum atomic E-state index is -3.88. The summed E-state index contributed by atoms with van der Waals surface area (Å²) in [5.41, 5.74) is 5.08. The standard InChI is InChI=1S/C12H17FN2O3S/c1-8-10(13)5-9(6-11(8)14)19(17,18)15-12(7-16)3-2-4-12/h5-6,15-16H,2-4,7,14H2,1H3. The van der Waals surface area contributed by atoms with E-state index in [1.165, 1.54) is 13.0 Å². The Kier molecular flexibility index (Phi) is 3.55. The quantitative estimate of drug-likeness (QED) is 0.718. The third kappa shape index (κ3) is 2.58. The number of nitrogens with one attached hydrogen (secondary N) is 1. The van der Waals surface area contributed by atoms with E-state index in [-0.39, 0.29) is 22.8 Å². The van der Waals surface area contributed by atoms with E-state index in [0.717, 1.165) is 12.5 Å². The first-order chi connectivity index (χ1) is 8.80. The maximum Gasteiger partial charge on any atom is 0.241 e. The van der Waals surface area contributed by atoms with Crippen LogP contribution in [0.25, 0.3) is 0 Å². The molecule has 1 aliphatic carbocycles. The van der Waals surface area contributed by atoms with Crippen molar-refractivity contribution in [2.24, 2.45) is 0 Å². The van der Waals surface area contributed by atoms with Crippen molar-refractivity contribution < 1.29 is 17.9 Å². The Balaban J connectivity index is 2.35.